The average Bonchev–Trinajstić information content (AvgIpc) is 2.79. The van der Waals surface area contributed by atoms with Crippen LogP contribution in [0, 0.1) is 10.1 Å². The summed E-state index contributed by atoms with van der Waals surface area (Å²) < 4.78 is 0.302. The maximum atomic E-state index is 13.3. The Morgan fingerprint density at radius 2 is 2.00 bits per heavy atom. The van der Waals surface area contributed by atoms with E-state index in [0.29, 0.717) is 29.4 Å². The van der Waals surface area contributed by atoms with Gasteiger partial charge in [-0.05, 0) is 24.3 Å². The summed E-state index contributed by atoms with van der Waals surface area (Å²) in [5, 5.41) is 25.8. The van der Waals surface area contributed by atoms with Crippen molar-refractivity contribution in [2.45, 2.75) is 18.9 Å². The Morgan fingerprint density at radius 1 is 1.22 bits per heavy atom. The first-order valence-electron chi connectivity index (χ1n) is 9.95. The number of likely N-dealkylation sites (tertiary alicyclic amines) is 1. The van der Waals surface area contributed by atoms with Crippen LogP contribution >= 0.6 is 15.9 Å². The number of rotatable bonds is 5. The molecule has 0 spiro atoms. The molecular formula is C22H19BrN4O5. The van der Waals surface area contributed by atoms with Crippen molar-refractivity contribution in [1.82, 2.24) is 9.88 Å². The molecule has 2 heterocycles. The topological polar surface area (TPSA) is 126 Å². The van der Waals surface area contributed by atoms with E-state index in [2.05, 4.69) is 26.2 Å². The quantitative estimate of drug-likeness (QED) is 0.396. The van der Waals surface area contributed by atoms with Crippen molar-refractivity contribution >= 4 is 50.0 Å². The molecule has 1 fully saturated rings. The van der Waals surface area contributed by atoms with Crippen LogP contribution in [0.15, 0.2) is 53.3 Å². The second-order valence-electron chi connectivity index (χ2n) is 7.55. The summed E-state index contributed by atoms with van der Waals surface area (Å²) in [6, 6.07) is 9.75. The lowest BCUT2D eigenvalue weighted by molar-refractivity contribution is -0.384. The first-order valence-corrected chi connectivity index (χ1v) is 10.7. The van der Waals surface area contributed by atoms with Gasteiger partial charge in [0.05, 0.1) is 16.1 Å². The molecule has 9 nitrogen and oxygen atoms in total. The molecule has 0 unspecified atom stereocenters. The molecule has 0 saturated carbocycles. The number of aromatic nitrogens is 1. The normalized spacial score (nSPS) is 16.0. The van der Waals surface area contributed by atoms with E-state index < -0.39 is 10.9 Å². The number of aromatic carboxylic acids is 1. The fourth-order valence-electron chi connectivity index (χ4n) is 4.00. The van der Waals surface area contributed by atoms with Crippen LogP contribution in [-0.2, 0) is 0 Å². The van der Waals surface area contributed by atoms with E-state index >= 15 is 0 Å². The lowest BCUT2D eigenvalue weighted by atomic mass is 10.0. The maximum Gasteiger partial charge on any atom is 0.338 e. The molecule has 32 heavy (non-hydrogen) atoms. The van der Waals surface area contributed by atoms with Crippen LogP contribution in [0.3, 0.4) is 0 Å². The number of hydrogen-bond acceptors (Lipinski definition) is 6. The molecule has 2 N–H and O–H groups in total. The number of carboxylic acids is 1. The number of nitrogens with one attached hydrogen (secondary N) is 1. The minimum absolute atomic E-state index is 0.0585. The van der Waals surface area contributed by atoms with E-state index in [1.165, 1.54) is 12.1 Å². The summed E-state index contributed by atoms with van der Waals surface area (Å²) in [5.41, 5.74) is -0.104. The van der Waals surface area contributed by atoms with Crippen molar-refractivity contribution in [3.8, 4) is 0 Å². The number of amides is 1. The van der Waals surface area contributed by atoms with Crippen LogP contribution in [0.25, 0.3) is 10.8 Å². The number of fused-ring (bicyclic) bond motifs is 1. The zero-order valence-corrected chi connectivity index (χ0v) is 18.4. The number of halogens is 1. The Bertz CT molecular complexity index is 1190. The first-order chi connectivity index (χ1) is 15.3. The van der Waals surface area contributed by atoms with Gasteiger partial charge in [-0.1, -0.05) is 40.2 Å². The fraction of sp³-hybridized carbons (Fsp3) is 0.227. The highest BCUT2D eigenvalue weighted by Gasteiger charge is 2.30. The van der Waals surface area contributed by atoms with Gasteiger partial charge in [0.1, 0.15) is 5.69 Å². The molecule has 1 saturated heterocycles. The van der Waals surface area contributed by atoms with Crippen molar-refractivity contribution in [2.75, 3.05) is 18.4 Å². The Labute approximate surface area is 191 Å². The van der Waals surface area contributed by atoms with Gasteiger partial charge in [0.25, 0.3) is 11.6 Å². The van der Waals surface area contributed by atoms with E-state index in [9.17, 15) is 24.8 Å². The number of hydrogen-bond donors (Lipinski definition) is 2. The molecule has 10 heteroatoms. The standard InChI is InChI=1S/C22H19BrN4O5/c23-14-8-17(22(29)30)20(19(9-14)27(31)32)25-15-5-3-7-26(12-15)21(28)18-11-24-10-13-4-1-2-6-16(13)18/h1-2,4,6,8-11,15,25H,3,5,7,12H2,(H,29,30)/t15-/m1/s1. The molecule has 1 aliphatic rings. The Hall–Kier alpha value is -3.53. The number of nitro benzene ring substituents is 1. The summed E-state index contributed by atoms with van der Waals surface area (Å²) >= 11 is 3.13. The Kier molecular flexibility index (Phi) is 6.04. The molecular weight excluding hydrogens is 480 g/mol. The lowest BCUT2D eigenvalue weighted by Crippen LogP contribution is -2.45. The zero-order chi connectivity index (χ0) is 22.8. The first kappa shape index (κ1) is 21.7. The van der Waals surface area contributed by atoms with Gasteiger partial charge in [-0.2, -0.15) is 0 Å². The van der Waals surface area contributed by atoms with E-state index in [1.807, 2.05) is 24.3 Å². The summed E-state index contributed by atoms with van der Waals surface area (Å²) in [4.78, 5) is 41.8. The molecule has 2 aromatic carbocycles. The van der Waals surface area contributed by atoms with E-state index in [4.69, 9.17) is 0 Å². The molecule has 1 amide bonds. The third-order valence-corrected chi connectivity index (χ3v) is 5.92. The van der Waals surface area contributed by atoms with Gasteiger partial charge in [0.2, 0.25) is 0 Å². The highest BCUT2D eigenvalue weighted by molar-refractivity contribution is 9.10. The van der Waals surface area contributed by atoms with Gasteiger partial charge in [-0.25, -0.2) is 4.79 Å². The largest absolute Gasteiger partial charge is 0.478 e. The molecule has 164 valence electrons. The minimum Gasteiger partial charge on any atom is -0.478 e. The molecule has 0 radical (unpaired) electrons. The number of piperidine rings is 1. The molecule has 1 aromatic heterocycles. The van der Waals surface area contributed by atoms with Crippen LogP contribution < -0.4 is 5.32 Å². The molecule has 3 aromatic rings. The third kappa shape index (κ3) is 4.26. The second-order valence-corrected chi connectivity index (χ2v) is 8.47. The van der Waals surface area contributed by atoms with Crippen molar-refractivity contribution in [3.63, 3.8) is 0 Å². The number of pyridine rings is 1. The molecule has 0 aliphatic carbocycles. The van der Waals surface area contributed by atoms with E-state index in [1.54, 1.807) is 17.3 Å². The summed E-state index contributed by atoms with van der Waals surface area (Å²) in [5.74, 6) is -1.45. The van der Waals surface area contributed by atoms with Gasteiger partial charge < -0.3 is 15.3 Å². The predicted octanol–water partition coefficient (Wildman–Crippen LogP) is 4.32. The minimum atomic E-state index is -1.28. The number of benzene rings is 2. The van der Waals surface area contributed by atoms with Crippen LogP contribution in [0.5, 0.6) is 0 Å². The van der Waals surface area contributed by atoms with Crippen LogP contribution in [0.1, 0.15) is 33.6 Å². The van der Waals surface area contributed by atoms with Gasteiger partial charge >= 0.3 is 5.97 Å². The van der Waals surface area contributed by atoms with Gasteiger partial charge in [-0.15, -0.1) is 0 Å². The number of carbonyl (C=O) groups is 2. The van der Waals surface area contributed by atoms with Crippen molar-refractivity contribution < 1.29 is 19.6 Å². The number of nitrogens with zero attached hydrogens (tertiary/aromatic N) is 3. The Morgan fingerprint density at radius 3 is 2.75 bits per heavy atom. The zero-order valence-electron chi connectivity index (χ0n) is 16.8. The SMILES string of the molecule is O=C(O)c1cc(Br)cc([N+](=O)[O-])c1N[C@@H]1CCCN(C(=O)c2cncc3ccccc23)C1. The van der Waals surface area contributed by atoms with Crippen molar-refractivity contribution in [2.24, 2.45) is 0 Å². The Balaban J connectivity index is 1.61. The third-order valence-electron chi connectivity index (χ3n) is 5.47. The molecule has 4 rings (SSSR count). The number of carboxylic acid groups (broad SMARTS) is 1. The molecule has 1 atom stereocenters. The summed E-state index contributed by atoms with van der Waals surface area (Å²) in [7, 11) is 0. The van der Waals surface area contributed by atoms with Crippen molar-refractivity contribution in [3.05, 3.63) is 74.5 Å². The average molecular weight is 499 g/mol. The number of carbonyl (C=O) groups excluding carboxylic acids is 1. The fourth-order valence-corrected chi connectivity index (χ4v) is 4.44. The molecule has 1 aliphatic heterocycles. The summed E-state index contributed by atoms with van der Waals surface area (Å²) in [6.45, 7) is 0.822. The predicted molar refractivity (Wildman–Crippen MR) is 122 cm³/mol. The van der Waals surface area contributed by atoms with Gasteiger partial charge in [0, 0.05) is 47.5 Å². The van der Waals surface area contributed by atoms with Crippen LogP contribution in [-0.4, -0.2) is 50.9 Å². The summed E-state index contributed by atoms with van der Waals surface area (Å²) in [6.07, 6.45) is 4.56. The molecule has 0 bridgehead atoms. The highest BCUT2D eigenvalue weighted by Crippen LogP contribution is 2.34. The van der Waals surface area contributed by atoms with Gasteiger partial charge in [0.15, 0.2) is 0 Å². The smallest absolute Gasteiger partial charge is 0.338 e. The highest BCUT2D eigenvalue weighted by atomic mass is 79.9. The van der Waals surface area contributed by atoms with Crippen LogP contribution in [0.4, 0.5) is 11.4 Å². The number of anilines is 1. The second kappa shape index (κ2) is 8.91. The number of nitro groups is 1. The van der Waals surface area contributed by atoms with Gasteiger partial charge in [-0.3, -0.25) is 19.9 Å². The van der Waals surface area contributed by atoms with E-state index in [0.717, 1.165) is 10.8 Å². The van der Waals surface area contributed by atoms with E-state index in [-0.39, 0.29) is 35.4 Å². The maximum absolute atomic E-state index is 13.3. The van der Waals surface area contributed by atoms with Crippen LogP contribution in [0.2, 0.25) is 0 Å². The lowest BCUT2D eigenvalue weighted by Gasteiger charge is -2.34. The van der Waals surface area contributed by atoms with Crippen molar-refractivity contribution in [1.29, 1.82) is 0 Å². The monoisotopic (exact) mass is 498 g/mol.